The lowest BCUT2D eigenvalue weighted by Crippen LogP contribution is -1.93. The largest absolute Gasteiger partial charge is 0.337 e. The highest BCUT2D eigenvalue weighted by Crippen LogP contribution is 2.33. The number of aromatic nitrogens is 6. The topological polar surface area (TPSA) is 83.1 Å². The predicted molar refractivity (Wildman–Crippen MR) is 130 cm³/mol. The number of hydrogen-bond donors (Lipinski definition) is 2. The number of H-pyrrole nitrogens is 2. The minimum Gasteiger partial charge on any atom is -0.337 e. The monoisotopic (exact) mass is 428 g/mol. The second kappa shape index (κ2) is 7.10. The fourth-order valence-corrected chi connectivity index (χ4v) is 4.79. The van der Waals surface area contributed by atoms with Crippen molar-refractivity contribution in [2.75, 3.05) is 0 Å². The molecule has 5 heterocycles. The Balaban J connectivity index is 1.51. The lowest BCUT2D eigenvalue weighted by atomic mass is 9.98. The van der Waals surface area contributed by atoms with Gasteiger partial charge in [-0.3, -0.25) is 10.1 Å². The van der Waals surface area contributed by atoms with Gasteiger partial charge in [0.2, 0.25) is 0 Å². The third-order valence-corrected chi connectivity index (χ3v) is 6.46. The van der Waals surface area contributed by atoms with E-state index in [1.54, 1.807) is 0 Å². The maximum Gasteiger partial charge on any atom is 0.181 e. The van der Waals surface area contributed by atoms with Crippen LogP contribution in [0.1, 0.15) is 17.5 Å². The van der Waals surface area contributed by atoms with Gasteiger partial charge in [-0.25, -0.2) is 9.97 Å². The highest BCUT2D eigenvalue weighted by atomic mass is 15.2. The van der Waals surface area contributed by atoms with Crippen molar-refractivity contribution < 1.29 is 0 Å². The Morgan fingerprint density at radius 3 is 2.67 bits per heavy atom. The van der Waals surface area contributed by atoms with E-state index in [0.717, 1.165) is 63.9 Å². The molecule has 2 N–H and O–H groups in total. The zero-order valence-corrected chi connectivity index (χ0v) is 17.8. The normalized spacial score (nSPS) is 13.1. The summed E-state index contributed by atoms with van der Waals surface area (Å²) in [5, 5.41) is 8.51. The molecule has 1 aliphatic heterocycles. The van der Waals surface area contributed by atoms with Gasteiger partial charge in [0.25, 0.3) is 0 Å². The molecule has 0 saturated heterocycles. The van der Waals surface area contributed by atoms with Gasteiger partial charge in [-0.15, -0.1) is 0 Å². The van der Waals surface area contributed by atoms with Crippen LogP contribution in [0.3, 0.4) is 0 Å². The maximum absolute atomic E-state index is 5.00. The van der Waals surface area contributed by atoms with Crippen LogP contribution in [-0.2, 0) is 12.8 Å². The summed E-state index contributed by atoms with van der Waals surface area (Å²) in [7, 11) is 0. The maximum atomic E-state index is 5.00. The lowest BCUT2D eigenvalue weighted by molar-refractivity contribution is 0.817. The van der Waals surface area contributed by atoms with Gasteiger partial charge in [-0.05, 0) is 54.2 Å². The number of benzene rings is 2. The highest BCUT2D eigenvalue weighted by Gasteiger charge is 2.16. The first-order valence-electron chi connectivity index (χ1n) is 11.2. The Hall–Kier alpha value is -4.32. The van der Waals surface area contributed by atoms with Crippen LogP contribution in [0, 0.1) is 0 Å². The number of fused-ring (bicyclic) bond motifs is 9. The molecule has 0 saturated carbocycles. The number of aromatic amines is 2. The average molecular weight is 428 g/mol. The first-order chi connectivity index (χ1) is 16.3. The molecule has 6 nitrogen and oxygen atoms in total. The number of nitrogens with one attached hydrogen (secondary N) is 2. The number of hydrogen-bond acceptors (Lipinski definition) is 4. The van der Waals surface area contributed by atoms with Gasteiger partial charge in [0.1, 0.15) is 5.69 Å². The van der Waals surface area contributed by atoms with E-state index in [1.807, 2.05) is 18.6 Å². The van der Waals surface area contributed by atoms with Gasteiger partial charge in [0, 0.05) is 35.3 Å². The van der Waals surface area contributed by atoms with Crippen LogP contribution in [0.25, 0.3) is 55.8 Å². The summed E-state index contributed by atoms with van der Waals surface area (Å²) in [4.78, 5) is 17.6. The van der Waals surface area contributed by atoms with Crippen molar-refractivity contribution in [1.29, 1.82) is 0 Å². The zero-order valence-electron chi connectivity index (χ0n) is 17.8. The average Bonchev–Trinajstić information content (AvgIpc) is 3.47. The molecule has 4 aromatic heterocycles. The van der Waals surface area contributed by atoms with Crippen molar-refractivity contribution in [3.63, 3.8) is 0 Å². The molecule has 7 rings (SSSR count). The van der Waals surface area contributed by atoms with Crippen molar-refractivity contribution in [2.24, 2.45) is 0 Å². The van der Waals surface area contributed by atoms with E-state index >= 15 is 0 Å². The Labute approximate surface area is 189 Å². The fourth-order valence-electron chi connectivity index (χ4n) is 4.79. The summed E-state index contributed by atoms with van der Waals surface area (Å²) in [6.45, 7) is 0. The first kappa shape index (κ1) is 18.3. The highest BCUT2D eigenvalue weighted by molar-refractivity contribution is 5.97. The van der Waals surface area contributed by atoms with Crippen LogP contribution < -0.4 is 0 Å². The first-order valence-corrected chi connectivity index (χ1v) is 11.2. The number of para-hydroxylation sites is 1. The molecule has 0 atom stereocenters. The SMILES string of the molecule is c1cc2cc(c1)-c1cccc3[nH]c(nc13)-c1[nH]nc3ncc(cc13)-c1cncc(c1)CCC2. The number of nitrogens with zero attached hydrogens (tertiary/aromatic N) is 4. The minimum absolute atomic E-state index is 0.671. The van der Waals surface area contributed by atoms with E-state index in [1.165, 1.54) is 16.7 Å². The Kier molecular flexibility index (Phi) is 3.93. The molecule has 2 aromatic carbocycles. The molecular weight excluding hydrogens is 408 g/mol. The molecule has 1 aliphatic rings. The van der Waals surface area contributed by atoms with E-state index in [-0.39, 0.29) is 0 Å². The standard InChI is InChI=1S/C27H20N6/c1-4-16-5-2-7-18(10-16)21-8-3-9-23-24(21)31-27(30-23)25-22-12-20(15-29-26(22)33-32-25)19-11-17(6-1)13-28-14-19/h2-3,5,7-15H,1,4,6H2,(H,30,31)(H,29,32,33). The Morgan fingerprint density at radius 1 is 0.788 bits per heavy atom. The van der Waals surface area contributed by atoms with Crippen LogP contribution >= 0.6 is 0 Å². The molecule has 0 amide bonds. The van der Waals surface area contributed by atoms with Gasteiger partial charge in [0.15, 0.2) is 11.5 Å². The van der Waals surface area contributed by atoms with Crippen LogP contribution in [0.4, 0.5) is 0 Å². The third-order valence-electron chi connectivity index (χ3n) is 6.46. The molecule has 6 heteroatoms. The smallest absolute Gasteiger partial charge is 0.181 e. The molecule has 0 spiro atoms. The van der Waals surface area contributed by atoms with Crippen LogP contribution in [0.2, 0.25) is 0 Å². The fraction of sp³-hybridized carbons (Fsp3) is 0.111. The van der Waals surface area contributed by atoms with E-state index in [4.69, 9.17) is 4.98 Å². The quantitative estimate of drug-likeness (QED) is 0.324. The van der Waals surface area contributed by atoms with E-state index in [2.05, 4.69) is 79.7 Å². The Morgan fingerprint density at radius 2 is 1.67 bits per heavy atom. The predicted octanol–water partition coefficient (Wildman–Crippen LogP) is 5.72. The van der Waals surface area contributed by atoms with Gasteiger partial charge < -0.3 is 4.98 Å². The second-order valence-corrected chi connectivity index (χ2v) is 8.62. The molecule has 0 aliphatic carbocycles. The Bertz CT molecular complexity index is 1660. The molecule has 158 valence electrons. The van der Waals surface area contributed by atoms with Gasteiger partial charge >= 0.3 is 0 Å². The molecule has 0 unspecified atom stereocenters. The second-order valence-electron chi connectivity index (χ2n) is 8.62. The molecule has 0 radical (unpaired) electrons. The summed E-state index contributed by atoms with van der Waals surface area (Å²) >= 11 is 0. The van der Waals surface area contributed by atoms with Crippen LogP contribution in [-0.4, -0.2) is 30.1 Å². The minimum atomic E-state index is 0.671. The number of pyridine rings is 2. The van der Waals surface area contributed by atoms with Crippen LogP contribution in [0.15, 0.2) is 73.2 Å². The van der Waals surface area contributed by atoms with Crippen molar-refractivity contribution in [3.05, 3.63) is 84.3 Å². The number of imidazole rings is 1. The summed E-state index contributed by atoms with van der Waals surface area (Å²) in [5.41, 5.74) is 10.4. The molecule has 6 aromatic rings. The van der Waals surface area contributed by atoms with E-state index in [0.29, 0.717) is 5.65 Å². The summed E-state index contributed by atoms with van der Waals surface area (Å²) in [6.07, 6.45) is 8.79. The lowest BCUT2D eigenvalue weighted by Gasteiger charge is -2.08. The van der Waals surface area contributed by atoms with Gasteiger partial charge in [-0.2, -0.15) is 5.10 Å². The van der Waals surface area contributed by atoms with Crippen molar-refractivity contribution >= 4 is 22.1 Å². The summed E-state index contributed by atoms with van der Waals surface area (Å²) < 4.78 is 0. The van der Waals surface area contributed by atoms with Gasteiger partial charge in [0.05, 0.1) is 16.4 Å². The van der Waals surface area contributed by atoms with E-state index < -0.39 is 0 Å². The number of aryl methyl sites for hydroxylation is 2. The summed E-state index contributed by atoms with van der Waals surface area (Å²) in [6, 6.07) is 19.4. The van der Waals surface area contributed by atoms with E-state index in [9.17, 15) is 0 Å². The van der Waals surface area contributed by atoms with Gasteiger partial charge in [-0.1, -0.05) is 36.4 Å². The number of rotatable bonds is 0. The summed E-state index contributed by atoms with van der Waals surface area (Å²) in [5.74, 6) is 0.756. The third kappa shape index (κ3) is 3.03. The van der Waals surface area contributed by atoms with Crippen LogP contribution in [0.5, 0.6) is 0 Å². The van der Waals surface area contributed by atoms with Crippen molar-refractivity contribution in [2.45, 2.75) is 19.3 Å². The molecule has 0 fully saturated rings. The van der Waals surface area contributed by atoms with Crippen molar-refractivity contribution in [3.8, 4) is 33.8 Å². The molecular formula is C27H20N6. The molecule has 8 bridgehead atoms. The van der Waals surface area contributed by atoms with Crippen molar-refractivity contribution in [1.82, 2.24) is 30.1 Å². The molecule has 33 heavy (non-hydrogen) atoms. The zero-order chi connectivity index (χ0) is 21.8.